The van der Waals surface area contributed by atoms with Gasteiger partial charge in [0.1, 0.15) is 5.82 Å². The molecule has 0 amide bonds. The molecule has 1 saturated heterocycles. The van der Waals surface area contributed by atoms with E-state index in [1.54, 1.807) is 0 Å². The lowest BCUT2D eigenvalue weighted by Gasteiger charge is -2.23. The van der Waals surface area contributed by atoms with Gasteiger partial charge in [-0.25, -0.2) is 4.98 Å². The fourth-order valence-corrected chi connectivity index (χ4v) is 3.52. The number of imidazole rings is 1. The number of nitrogens with zero attached hydrogens (tertiary/aromatic N) is 2. The van der Waals surface area contributed by atoms with E-state index in [9.17, 15) is 0 Å². The Morgan fingerprint density at radius 2 is 2.39 bits per heavy atom. The first kappa shape index (κ1) is 12.1. The third-order valence-corrected chi connectivity index (χ3v) is 4.54. The number of nitrogens with one attached hydrogen (secondary N) is 1. The average molecular weight is 261 g/mol. The molecule has 3 rings (SSSR count). The van der Waals surface area contributed by atoms with E-state index in [-0.39, 0.29) is 0 Å². The molecule has 2 aromatic rings. The molecule has 1 aromatic carbocycles. The highest BCUT2D eigenvalue weighted by atomic mass is 32.2. The summed E-state index contributed by atoms with van der Waals surface area (Å²) in [5, 5.41) is 3.58. The molecule has 0 radical (unpaired) electrons. The predicted molar refractivity (Wildman–Crippen MR) is 78.2 cm³/mol. The second kappa shape index (κ2) is 4.94. The minimum atomic E-state index is 0.399. The number of rotatable bonds is 2. The van der Waals surface area contributed by atoms with E-state index in [2.05, 4.69) is 41.9 Å². The Morgan fingerprint density at radius 1 is 1.50 bits per heavy atom. The van der Waals surface area contributed by atoms with E-state index in [0.717, 1.165) is 24.4 Å². The van der Waals surface area contributed by atoms with Crippen molar-refractivity contribution in [1.82, 2.24) is 14.9 Å². The molecule has 1 aliphatic heterocycles. The van der Waals surface area contributed by atoms with E-state index in [1.807, 2.05) is 11.8 Å². The molecule has 96 valence electrons. The van der Waals surface area contributed by atoms with Crippen LogP contribution in [0, 0.1) is 6.92 Å². The monoisotopic (exact) mass is 261 g/mol. The van der Waals surface area contributed by atoms with Gasteiger partial charge >= 0.3 is 0 Å². The molecular formula is C14H19N3S. The fraction of sp³-hybridized carbons (Fsp3) is 0.500. The molecule has 2 heterocycles. The molecule has 4 heteroatoms. The van der Waals surface area contributed by atoms with Gasteiger partial charge in [-0.1, -0.05) is 6.07 Å². The van der Waals surface area contributed by atoms with Crippen molar-refractivity contribution in [2.45, 2.75) is 26.4 Å². The molecule has 18 heavy (non-hydrogen) atoms. The molecule has 1 aliphatic rings. The maximum absolute atomic E-state index is 4.86. The SMILES string of the molecule is CCn1c(C2CSCCN2)nc2cc(C)ccc21. The maximum Gasteiger partial charge on any atom is 0.127 e. The van der Waals surface area contributed by atoms with E-state index in [1.165, 1.54) is 22.7 Å². The number of hydrogen-bond donors (Lipinski definition) is 1. The summed E-state index contributed by atoms with van der Waals surface area (Å²) in [5.41, 5.74) is 3.67. The highest BCUT2D eigenvalue weighted by Crippen LogP contribution is 2.26. The van der Waals surface area contributed by atoms with Crippen molar-refractivity contribution >= 4 is 22.8 Å². The van der Waals surface area contributed by atoms with Gasteiger partial charge < -0.3 is 9.88 Å². The molecule has 3 nitrogen and oxygen atoms in total. The fourth-order valence-electron chi connectivity index (χ4n) is 2.59. The zero-order valence-electron chi connectivity index (χ0n) is 10.9. The van der Waals surface area contributed by atoms with E-state index in [4.69, 9.17) is 4.98 Å². The van der Waals surface area contributed by atoms with Crippen LogP contribution in [0.25, 0.3) is 11.0 Å². The van der Waals surface area contributed by atoms with Crippen molar-refractivity contribution in [3.05, 3.63) is 29.6 Å². The standard InChI is InChI=1S/C14H19N3S/c1-3-17-13-5-4-10(2)8-11(13)16-14(17)12-9-18-7-6-15-12/h4-5,8,12,15H,3,6-7,9H2,1-2H3. The van der Waals surface area contributed by atoms with Crippen molar-refractivity contribution in [2.75, 3.05) is 18.1 Å². The van der Waals surface area contributed by atoms with Gasteiger partial charge in [-0.2, -0.15) is 11.8 Å². The maximum atomic E-state index is 4.86. The van der Waals surface area contributed by atoms with Gasteiger partial charge in [0.05, 0.1) is 17.1 Å². The summed E-state index contributed by atoms with van der Waals surface area (Å²) < 4.78 is 2.35. The molecule has 0 saturated carbocycles. The number of aromatic nitrogens is 2. The Bertz CT molecular complexity index is 555. The minimum absolute atomic E-state index is 0.399. The number of hydrogen-bond acceptors (Lipinski definition) is 3. The Kier molecular flexibility index (Phi) is 3.31. The number of thioether (sulfide) groups is 1. The first-order valence-corrected chi connectivity index (χ1v) is 7.73. The summed E-state index contributed by atoms with van der Waals surface area (Å²) in [5.74, 6) is 3.54. The lowest BCUT2D eigenvalue weighted by molar-refractivity contribution is 0.536. The third-order valence-electron chi connectivity index (χ3n) is 3.48. The van der Waals surface area contributed by atoms with Crippen molar-refractivity contribution in [3.8, 4) is 0 Å². The van der Waals surface area contributed by atoms with Crippen molar-refractivity contribution in [2.24, 2.45) is 0 Å². The van der Waals surface area contributed by atoms with Gasteiger partial charge in [0.25, 0.3) is 0 Å². The second-order valence-corrected chi connectivity index (χ2v) is 5.94. The smallest absolute Gasteiger partial charge is 0.127 e. The van der Waals surface area contributed by atoms with Crippen LogP contribution in [0.3, 0.4) is 0 Å². The summed E-state index contributed by atoms with van der Waals surface area (Å²) >= 11 is 2.01. The van der Waals surface area contributed by atoms with E-state index in [0.29, 0.717) is 6.04 Å². The Labute approximate surface area is 112 Å². The Morgan fingerprint density at radius 3 is 3.11 bits per heavy atom. The van der Waals surface area contributed by atoms with Gasteiger partial charge in [0, 0.05) is 24.6 Å². The predicted octanol–water partition coefficient (Wildman–Crippen LogP) is 2.74. The van der Waals surface area contributed by atoms with Gasteiger partial charge in [-0.15, -0.1) is 0 Å². The molecule has 1 fully saturated rings. The number of aryl methyl sites for hydroxylation is 2. The number of benzene rings is 1. The molecular weight excluding hydrogens is 242 g/mol. The van der Waals surface area contributed by atoms with Gasteiger partial charge in [-0.3, -0.25) is 0 Å². The van der Waals surface area contributed by atoms with Crippen LogP contribution in [0.1, 0.15) is 24.4 Å². The van der Waals surface area contributed by atoms with E-state index >= 15 is 0 Å². The van der Waals surface area contributed by atoms with Crippen molar-refractivity contribution in [3.63, 3.8) is 0 Å². The van der Waals surface area contributed by atoms with Crippen LogP contribution in [-0.2, 0) is 6.54 Å². The zero-order valence-corrected chi connectivity index (χ0v) is 11.8. The lowest BCUT2D eigenvalue weighted by atomic mass is 10.2. The summed E-state index contributed by atoms with van der Waals surface area (Å²) in [4.78, 5) is 4.86. The molecule has 1 N–H and O–H groups in total. The van der Waals surface area contributed by atoms with Crippen LogP contribution in [0.5, 0.6) is 0 Å². The summed E-state index contributed by atoms with van der Waals surface area (Å²) in [6.45, 7) is 6.39. The van der Waals surface area contributed by atoms with Gasteiger partial charge in [-0.05, 0) is 31.5 Å². The first-order chi connectivity index (χ1) is 8.79. The highest BCUT2D eigenvalue weighted by molar-refractivity contribution is 7.99. The van der Waals surface area contributed by atoms with Crippen LogP contribution in [0.2, 0.25) is 0 Å². The molecule has 1 aromatic heterocycles. The molecule has 0 spiro atoms. The van der Waals surface area contributed by atoms with Crippen LogP contribution < -0.4 is 5.32 Å². The molecule has 0 bridgehead atoms. The Hall–Kier alpha value is -1.00. The van der Waals surface area contributed by atoms with Crippen LogP contribution in [0.15, 0.2) is 18.2 Å². The zero-order chi connectivity index (χ0) is 12.5. The minimum Gasteiger partial charge on any atom is -0.327 e. The van der Waals surface area contributed by atoms with E-state index < -0.39 is 0 Å². The second-order valence-electron chi connectivity index (χ2n) is 4.79. The quantitative estimate of drug-likeness (QED) is 0.901. The first-order valence-electron chi connectivity index (χ1n) is 6.57. The van der Waals surface area contributed by atoms with Gasteiger partial charge in [0.15, 0.2) is 0 Å². The van der Waals surface area contributed by atoms with Crippen LogP contribution >= 0.6 is 11.8 Å². The molecule has 1 unspecified atom stereocenters. The van der Waals surface area contributed by atoms with Crippen molar-refractivity contribution in [1.29, 1.82) is 0 Å². The third kappa shape index (κ3) is 2.04. The van der Waals surface area contributed by atoms with Crippen molar-refractivity contribution < 1.29 is 0 Å². The topological polar surface area (TPSA) is 29.9 Å². The lowest BCUT2D eigenvalue weighted by Crippen LogP contribution is -2.32. The summed E-state index contributed by atoms with van der Waals surface area (Å²) in [6.07, 6.45) is 0. The highest BCUT2D eigenvalue weighted by Gasteiger charge is 2.21. The normalized spacial score (nSPS) is 20.4. The van der Waals surface area contributed by atoms with Gasteiger partial charge in [0.2, 0.25) is 0 Å². The largest absolute Gasteiger partial charge is 0.327 e. The molecule has 1 atom stereocenters. The number of fused-ring (bicyclic) bond motifs is 1. The van der Waals surface area contributed by atoms with Crippen LogP contribution in [0.4, 0.5) is 0 Å². The summed E-state index contributed by atoms with van der Waals surface area (Å²) in [7, 11) is 0. The Balaban J connectivity index is 2.09. The average Bonchev–Trinajstić information content (AvgIpc) is 2.77. The van der Waals surface area contributed by atoms with Crippen LogP contribution in [-0.4, -0.2) is 27.6 Å². The molecule has 0 aliphatic carbocycles. The summed E-state index contributed by atoms with van der Waals surface area (Å²) in [6, 6.07) is 6.95.